The number of amidine groups is 1. The summed E-state index contributed by atoms with van der Waals surface area (Å²) in [6.07, 6.45) is 2.44. The van der Waals surface area contributed by atoms with Gasteiger partial charge in [-0.25, -0.2) is 18.5 Å². The molecule has 1 unspecified atom stereocenters. The second-order valence-corrected chi connectivity index (χ2v) is 5.38. The second-order valence-electron chi connectivity index (χ2n) is 5.38. The van der Waals surface area contributed by atoms with Crippen LogP contribution in [0.2, 0.25) is 0 Å². The molecule has 0 amide bonds. The van der Waals surface area contributed by atoms with Crippen molar-refractivity contribution in [3.05, 3.63) is 65.2 Å². The third-order valence-corrected chi connectivity index (χ3v) is 3.77. The van der Waals surface area contributed by atoms with Crippen LogP contribution in [0.15, 0.2) is 41.5 Å². The monoisotopic (exact) mass is 343 g/mol. The first-order valence-electron chi connectivity index (χ1n) is 7.38. The maximum Gasteiger partial charge on any atom is 0.151 e. The highest BCUT2D eigenvalue weighted by Gasteiger charge is 2.17. The summed E-state index contributed by atoms with van der Waals surface area (Å²) < 4.78 is 28.1. The van der Waals surface area contributed by atoms with E-state index >= 15 is 0 Å². The van der Waals surface area contributed by atoms with Crippen molar-refractivity contribution in [3.8, 4) is 5.69 Å². The van der Waals surface area contributed by atoms with Crippen molar-refractivity contribution in [3.63, 3.8) is 0 Å². The van der Waals surface area contributed by atoms with Crippen molar-refractivity contribution in [2.45, 2.75) is 12.8 Å². The van der Waals surface area contributed by atoms with Gasteiger partial charge in [-0.05, 0) is 24.3 Å². The SMILES string of the molecule is CC(c1cn(-c2ccc(F)cc2F)nn1)c1ccc(C(N)=NC=N)[nH]1. The summed E-state index contributed by atoms with van der Waals surface area (Å²) in [6.45, 7) is 1.90. The first kappa shape index (κ1) is 16.5. The number of rotatable bonds is 5. The number of H-pyrrole nitrogens is 1. The van der Waals surface area contributed by atoms with E-state index in [-0.39, 0.29) is 17.4 Å². The van der Waals surface area contributed by atoms with Gasteiger partial charge in [0, 0.05) is 17.7 Å². The van der Waals surface area contributed by atoms with Crippen LogP contribution in [0.3, 0.4) is 0 Å². The van der Waals surface area contributed by atoms with Crippen LogP contribution in [0.5, 0.6) is 0 Å². The van der Waals surface area contributed by atoms with Crippen molar-refractivity contribution >= 4 is 12.2 Å². The molecule has 0 saturated carbocycles. The van der Waals surface area contributed by atoms with E-state index in [0.717, 1.165) is 24.2 Å². The van der Waals surface area contributed by atoms with E-state index in [1.54, 1.807) is 12.3 Å². The Hall–Kier alpha value is -3.36. The van der Waals surface area contributed by atoms with Crippen molar-refractivity contribution in [2.75, 3.05) is 0 Å². The van der Waals surface area contributed by atoms with Gasteiger partial charge in [0.15, 0.2) is 5.82 Å². The van der Waals surface area contributed by atoms with Gasteiger partial charge in [-0.15, -0.1) is 5.10 Å². The Morgan fingerprint density at radius 3 is 2.88 bits per heavy atom. The minimum Gasteiger partial charge on any atom is -0.382 e. The number of aromatic nitrogens is 4. The van der Waals surface area contributed by atoms with Crippen LogP contribution < -0.4 is 5.73 Å². The predicted octanol–water partition coefficient (Wildman–Crippen LogP) is 2.34. The van der Waals surface area contributed by atoms with E-state index in [9.17, 15) is 8.78 Å². The summed E-state index contributed by atoms with van der Waals surface area (Å²) in [5.74, 6) is -1.34. The van der Waals surface area contributed by atoms with Gasteiger partial charge in [-0.1, -0.05) is 12.1 Å². The fraction of sp³-hybridized carbons (Fsp3) is 0.125. The average molecular weight is 343 g/mol. The van der Waals surface area contributed by atoms with Gasteiger partial charge in [-0.2, -0.15) is 0 Å². The zero-order chi connectivity index (χ0) is 18.0. The van der Waals surface area contributed by atoms with Crippen LogP contribution in [0.25, 0.3) is 5.69 Å². The zero-order valence-corrected chi connectivity index (χ0v) is 13.2. The Bertz CT molecular complexity index is 942. The Labute approximate surface area is 141 Å². The van der Waals surface area contributed by atoms with Gasteiger partial charge in [0.2, 0.25) is 0 Å². The van der Waals surface area contributed by atoms with E-state index in [0.29, 0.717) is 11.4 Å². The summed E-state index contributed by atoms with van der Waals surface area (Å²) in [7, 11) is 0. The molecule has 25 heavy (non-hydrogen) atoms. The number of aromatic amines is 1. The number of benzene rings is 1. The minimum absolute atomic E-state index is 0.113. The molecule has 0 radical (unpaired) electrons. The van der Waals surface area contributed by atoms with Crippen LogP contribution in [-0.4, -0.2) is 32.2 Å². The molecular formula is C16H15F2N7. The van der Waals surface area contributed by atoms with Crippen LogP contribution in [-0.2, 0) is 0 Å². The number of hydrogen-bond acceptors (Lipinski definition) is 3. The van der Waals surface area contributed by atoms with E-state index in [1.165, 1.54) is 10.7 Å². The number of halogens is 2. The minimum atomic E-state index is -0.720. The van der Waals surface area contributed by atoms with E-state index in [1.807, 2.05) is 13.0 Å². The quantitative estimate of drug-likeness (QED) is 0.488. The van der Waals surface area contributed by atoms with Crippen molar-refractivity contribution in [1.29, 1.82) is 5.41 Å². The van der Waals surface area contributed by atoms with Crippen LogP contribution >= 0.6 is 0 Å². The van der Waals surface area contributed by atoms with E-state index in [2.05, 4.69) is 20.3 Å². The number of nitrogens with two attached hydrogens (primary N) is 1. The fourth-order valence-corrected chi connectivity index (χ4v) is 2.37. The molecule has 3 aromatic rings. The molecule has 9 heteroatoms. The third-order valence-electron chi connectivity index (χ3n) is 3.77. The molecule has 2 aromatic heterocycles. The Balaban J connectivity index is 1.87. The lowest BCUT2D eigenvalue weighted by Gasteiger charge is -2.05. The maximum atomic E-state index is 13.9. The Morgan fingerprint density at radius 2 is 2.16 bits per heavy atom. The van der Waals surface area contributed by atoms with Gasteiger partial charge in [-0.3, -0.25) is 5.41 Å². The van der Waals surface area contributed by atoms with Gasteiger partial charge >= 0.3 is 0 Å². The van der Waals surface area contributed by atoms with Crippen LogP contribution in [0.4, 0.5) is 8.78 Å². The Morgan fingerprint density at radius 1 is 1.36 bits per heavy atom. The Kier molecular flexibility index (Phi) is 4.38. The molecule has 0 fully saturated rings. The molecule has 1 aromatic carbocycles. The van der Waals surface area contributed by atoms with E-state index in [4.69, 9.17) is 11.1 Å². The number of nitrogens with zero attached hydrogens (tertiary/aromatic N) is 4. The highest BCUT2D eigenvalue weighted by molar-refractivity contribution is 5.99. The number of hydrogen-bond donors (Lipinski definition) is 3. The molecule has 0 aliphatic rings. The highest BCUT2D eigenvalue weighted by atomic mass is 19.1. The van der Waals surface area contributed by atoms with Crippen molar-refractivity contribution < 1.29 is 8.78 Å². The zero-order valence-electron chi connectivity index (χ0n) is 13.2. The molecule has 7 nitrogen and oxygen atoms in total. The summed E-state index contributed by atoms with van der Waals surface area (Å²) in [5, 5.41) is 14.9. The summed E-state index contributed by atoms with van der Waals surface area (Å²) >= 11 is 0. The molecule has 2 heterocycles. The average Bonchev–Trinajstić information content (AvgIpc) is 3.24. The number of nitrogens with one attached hydrogen (secondary N) is 2. The molecule has 4 N–H and O–H groups in total. The molecule has 0 spiro atoms. The maximum absolute atomic E-state index is 13.9. The lowest BCUT2D eigenvalue weighted by atomic mass is 10.1. The first-order chi connectivity index (χ1) is 12.0. The molecule has 0 aliphatic heterocycles. The molecule has 3 rings (SSSR count). The highest BCUT2D eigenvalue weighted by Crippen LogP contribution is 2.23. The van der Waals surface area contributed by atoms with Crippen molar-refractivity contribution in [2.24, 2.45) is 10.7 Å². The third kappa shape index (κ3) is 3.30. The van der Waals surface area contributed by atoms with Gasteiger partial charge in [0.1, 0.15) is 23.7 Å². The van der Waals surface area contributed by atoms with Crippen LogP contribution in [0.1, 0.15) is 29.9 Å². The van der Waals surface area contributed by atoms with Gasteiger partial charge in [0.05, 0.1) is 17.6 Å². The molecule has 0 saturated heterocycles. The molecule has 1 atom stereocenters. The normalized spacial score (nSPS) is 13.0. The van der Waals surface area contributed by atoms with Crippen LogP contribution in [0, 0.1) is 17.0 Å². The fourth-order valence-electron chi connectivity index (χ4n) is 2.37. The standard InChI is InChI=1S/C16H15F2N7/c1-9(12-3-4-13(22-12)16(20)21-8-19)14-7-25(24-23-14)15-5-2-10(17)6-11(15)18/h2-9,22H,1H3,(H3,19,20,21). The smallest absolute Gasteiger partial charge is 0.151 e. The van der Waals surface area contributed by atoms with Gasteiger partial charge in [0.25, 0.3) is 0 Å². The molecular weight excluding hydrogens is 328 g/mol. The first-order valence-corrected chi connectivity index (χ1v) is 7.38. The summed E-state index contributed by atoms with van der Waals surface area (Å²) in [5.41, 5.74) is 7.83. The summed E-state index contributed by atoms with van der Waals surface area (Å²) in [4.78, 5) is 6.81. The van der Waals surface area contributed by atoms with Crippen molar-refractivity contribution in [1.82, 2.24) is 20.0 Å². The molecule has 128 valence electrons. The van der Waals surface area contributed by atoms with E-state index < -0.39 is 11.6 Å². The topological polar surface area (TPSA) is 109 Å². The predicted molar refractivity (Wildman–Crippen MR) is 89.1 cm³/mol. The lowest BCUT2D eigenvalue weighted by Crippen LogP contribution is -2.14. The van der Waals surface area contributed by atoms with Gasteiger partial charge < -0.3 is 10.7 Å². The largest absolute Gasteiger partial charge is 0.382 e. The lowest BCUT2D eigenvalue weighted by molar-refractivity contribution is 0.572. The second kappa shape index (κ2) is 6.63. The summed E-state index contributed by atoms with van der Waals surface area (Å²) in [6, 6.07) is 6.83. The number of aliphatic imine (C=N–C) groups is 1. The molecule has 0 bridgehead atoms. The molecule has 0 aliphatic carbocycles.